The molecule has 0 radical (unpaired) electrons. The van der Waals surface area contributed by atoms with Crippen LogP contribution in [0.25, 0.3) is 0 Å². The molecule has 0 aliphatic heterocycles. The fourth-order valence-electron chi connectivity index (χ4n) is 1.71. The van der Waals surface area contributed by atoms with Crippen molar-refractivity contribution in [1.82, 2.24) is 4.90 Å². The number of ether oxygens (including phenoxy) is 1. The fourth-order valence-corrected chi connectivity index (χ4v) is 2.90. The van der Waals surface area contributed by atoms with Gasteiger partial charge in [0.1, 0.15) is 5.75 Å². The zero-order valence-electron chi connectivity index (χ0n) is 11.3. The molecule has 0 atom stereocenters. The van der Waals surface area contributed by atoms with Crippen molar-refractivity contribution < 1.29 is 4.74 Å². The van der Waals surface area contributed by atoms with Crippen molar-refractivity contribution in [3.63, 3.8) is 0 Å². The zero-order chi connectivity index (χ0) is 12.3. The smallest absolute Gasteiger partial charge is 0.123 e. The zero-order valence-corrected chi connectivity index (χ0v) is 12.3. The molecule has 0 heterocycles. The molecule has 0 unspecified atom stereocenters. The molecule has 0 bridgehead atoms. The van der Waals surface area contributed by atoms with Gasteiger partial charge in [0, 0.05) is 12.1 Å². The highest BCUT2D eigenvalue weighted by Crippen LogP contribution is 2.19. The van der Waals surface area contributed by atoms with Gasteiger partial charge in [-0.2, -0.15) is 0 Å². The Balaban J connectivity index is 3.11. The molecule has 0 N–H and O–H groups in total. The molecule has 0 amide bonds. The molecular weight excluding hydrogens is 214 g/mol. The van der Waals surface area contributed by atoms with E-state index in [1.807, 2.05) is 0 Å². The SMILES string of the molecule is COc1ccc([Si](C)(C)C)cc1CN(C)C. The van der Waals surface area contributed by atoms with E-state index >= 15 is 0 Å². The Morgan fingerprint density at radius 3 is 2.25 bits per heavy atom. The van der Waals surface area contributed by atoms with E-state index < -0.39 is 8.07 Å². The second-order valence-electron chi connectivity index (χ2n) is 5.51. The predicted molar refractivity (Wildman–Crippen MR) is 73.4 cm³/mol. The van der Waals surface area contributed by atoms with Gasteiger partial charge in [0.05, 0.1) is 15.2 Å². The summed E-state index contributed by atoms with van der Waals surface area (Å²) in [6.07, 6.45) is 0. The fraction of sp³-hybridized carbons (Fsp3) is 0.538. The Labute approximate surface area is 100 Å². The molecule has 1 aromatic carbocycles. The quantitative estimate of drug-likeness (QED) is 0.745. The second kappa shape index (κ2) is 5.02. The molecule has 0 aliphatic carbocycles. The van der Waals surface area contributed by atoms with Gasteiger partial charge in [-0.1, -0.05) is 37.0 Å². The van der Waals surface area contributed by atoms with E-state index in [4.69, 9.17) is 4.74 Å². The number of methoxy groups -OCH3 is 1. The van der Waals surface area contributed by atoms with E-state index in [0.717, 1.165) is 12.3 Å². The van der Waals surface area contributed by atoms with Crippen LogP contribution in [0.1, 0.15) is 5.56 Å². The van der Waals surface area contributed by atoms with Crippen molar-refractivity contribution in [2.24, 2.45) is 0 Å². The molecule has 1 aromatic rings. The molecule has 0 saturated heterocycles. The Kier molecular flexibility index (Phi) is 4.16. The van der Waals surface area contributed by atoms with Crippen molar-refractivity contribution in [1.29, 1.82) is 0 Å². The van der Waals surface area contributed by atoms with Gasteiger partial charge in [-0.3, -0.25) is 0 Å². The average Bonchev–Trinajstić information content (AvgIpc) is 2.15. The van der Waals surface area contributed by atoms with Crippen LogP contribution >= 0.6 is 0 Å². The van der Waals surface area contributed by atoms with Gasteiger partial charge in [0.15, 0.2) is 0 Å². The molecule has 1 rings (SSSR count). The van der Waals surface area contributed by atoms with E-state index in [2.05, 4.69) is 56.8 Å². The van der Waals surface area contributed by atoms with Gasteiger partial charge in [0.2, 0.25) is 0 Å². The number of rotatable bonds is 4. The molecule has 90 valence electrons. The van der Waals surface area contributed by atoms with E-state index in [-0.39, 0.29) is 0 Å². The maximum absolute atomic E-state index is 5.40. The van der Waals surface area contributed by atoms with E-state index in [0.29, 0.717) is 0 Å². The third-order valence-electron chi connectivity index (χ3n) is 2.63. The van der Waals surface area contributed by atoms with Gasteiger partial charge >= 0.3 is 0 Å². The van der Waals surface area contributed by atoms with Crippen LogP contribution in [-0.4, -0.2) is 34.2 Å². The highest BCUT2D eigenvalue weighted by Gasteiger charge is 2.18. The summed E-state index contributed by atoms with van der Waals surface area (Å²) in [5.74, 6) is 0.996. The van der Waals surface area contributed by atoms with Crippen LogP contribution in [0.4, 0.5) is 0 Å². The highest BCUT2D eigenvalue weighted by molar-refractivity contribution is 6.88. The summed E-state index contributed by atoms with van der Waals surface area (Å²) in [6.45, 7) is 8.04. The molecule has 3 heteroatoms. The Morgan fingerprint density at radius 2 is 1.81 bits per heavy atom. The first-order valence-electron chi connectivity index (χ1n) is 5.66. The molecular formula is C13H23NOSi. The van der Waals surface area contributed by atoms with E-state index in [1.165, 1.54) is 10.8 Å². The Bertz CT molecular complexity index is 355. The maximum Gasteiger partial charge on any atom is 0.123 e. The largest absolute Gasteiger partial charge is 0.496 e. The van der Waals surface area contributed by atoms with Crippen molar-refractivity contribution >= 4 is 13.3 Å². The first kappa shape index (κ1) is 13.3. The topological polar surface area (TPSA) is 12.5 Å². The summed E-state index contributed by atoms with van der Waals surface area (Å²) < 4.78 is 5.40. The third kappa shape index (κ3) is 3.35. The van der Waals surface area contributed by atoms with Crippen molar-refractivity contribution in [2.75, 3.05) is 21.2 Å². The summed E-state index contributed by atoms with van der Waals surface area (Å²) in [5, 5.41) is 1.49. The van der Waals surface area contributed by atoms with Crippen LogP contribution in [0.3, 0.4) is 0 Å². The summed E-state index contributed by atoms with van der Waals surface area (Å²) in [5.41, 5.74) is 1.28. The van der Waals surface area contributed by atoms with Gasteiger partial charge < -0.3 is 9.64 Å². The van der Waals surface area contributed by atoms with Crippen molar-refractivity contribution in [3.8, 4) is 5.75 Å². The lowest BCUT2D eigenvalue weighted by atomic mass is 10.2. The monoisotopic (exact) mass is 237 g/mol. The number of benzene rings is 1. The first-order chi connectivity index (χ1) is 7.34. The van der Waals surface area contributed by atoms with Crippen LogP contribution in [0.5, 0.6) is 5.75 Å². The lowest BCUT2D eigenvalue weighted by molar-refractivity contribution is 0.372. The lowest BCUT2D eigenvalue weighted by Crippen LogP contribution is -2.37. The minimum atomic E-state index is -1.23. The van der Waals surface area contributed by atoms with E-state index in [9.17, 15) is 0 Å². The summed E-state index contributed by atoms with van der Waals surface area (Å²) >= 11 is 0. The first-order valence-corrected chi connectivity index (χ1v) is 9.16. The summed E-state index contributed by atoms with van der Waals surface area (Å²) in [7, 11) is 4.68. The average molecular weight is 237 g/mol. The molecule has 0 spiro atoms. The minimum Gasteiger partial charge on any atom is -0.496 e. The van der Waals surface area contributed by atoms with Gasteiger partial charge in [-0.15, -0.1) is 0 Å². The molecule has 0 aromatic heterocycles. The van der Waals surface area contributed by atoms with Crippen molar-refractivity contribution in [2.45, 2.75) is 26.2 Å². The summed E-state index contributed by atoms with van der Waals surface area (Å²) in [4.78, 5) is 2.17. The van der Waals surface area contributed by atoms with Crippen LogP contribution < -0.4 is 9.92 Å². The van der Waals surface area contributed by atoms with Crippen LogP contribution in [0, 0.1) is 0 Å². The molecule has 2 nitrogen and oxygen atoms in total. The lowest BCUT2D eigenvalue weighted by Gasteiger charge is -2.20. The summed E-state index contributed by atoms with van der Waals surface area (Å²) in [6, 6.07) is 6.63. The maximum atomic E-state index is 5.40. The number of hydrogen-bond donors (Lipinski definition) is 0. The molecule has 0 aliphatic rings. The normalized spacial score (nSPS) is 11.9. The highest BCUT2D eigenvalue weighted by atomic mass is 28.3. The number of nitrogens with zero attached hydrogens (tertiary/aromatic N) is 1. The Morgan fingerprint density at radius 1 is 1.19 bits per heavy atom. The third-order valence-corrected chi connectivity index (χ3v) is 4.68. The van der Waals surface area contributed by atoms with Crippen LogP contribution in [0.15, 0.2) is 18.2 Å². The standard InChI is InChI=1S/C13H23NOSi/c1-14(2)10-11-9-12(16(4,5)6)7-8-13(11)15-3/h7-9H,10H2,1-6H3. The minimum absolute atomic E-state index is 0.932. The van der Waals surface area contributed by atoms with Gasteiger partial charge in [0.25, 0.3) is 0 Å². The predicted octanol–water partition coefficient (Wildman–Crippen LogP) is 2.30. The van der Waals surface area contributed by atoms with Gasteiger partial charge in [-0.25, -0.2) is 0 Å². The molecule has 0 saturated carbocycles. The second-order valence-corrected chi connectivity index (χ2v) is 10.6. The molecule has 16 heavy (non-hydrogen) atoms. The number of hydrogen-bond acceptors (Lipinski definition) is 2. The van der Waals surface area contributed by atoms with Gasteiger partial charge in [-0.05, 0) is 20.2 Å². The van der Waals surface area contributed by atoms with Crippen LogP contribution in [0.2, 0.25) is 19.6 Å². The van der Waals surface area contributed by atoms with Crippen molar-refractivity contribution in [3.05, 3.63) is 23.8 Å². The van der Waals surface area contributed by atoms with Crippen LogP contribution in [-0.2, 0) is 6.54 Å². The Hall–Kier alpha value is -0.803. The molecule has 0 fully saturated rings. The van der Waals surface area contributed by atoms with E-state index in [1.54, 1.807) is 7.11 Å².